The van der Waals surface area contributed by atoms with Crippen LogP contribution in [0.4, 0.5) is 0 Å². The fraction of sp³-hybridized carbons (Fsp3) is 0.562. The highest BCUT2D eigenvalue weighted by molar-refractivity contribution is 5.66. The number of hydrogen-bond acceptors (Lipinski definition) is 3. The van der Waals surface area contributed by atoms with Gasteiger partial charge in [-0.3, -0.25) is 10.2 Å². The molecule has 1 aromatic carbocycles. The van der Waals surface area contributed by atoms with Crippen LogP contribution >= 0.6 is 0 Å². The average molecular weight is 274 g/mol. The molecule has 3 rings (SSSR count). The molecule has 0 saturated carbocycles. The first kappa shape index (κ1) is 13.6. The number of nitrogens with one attached hydrogen (secondary N) is 2. The van der Waals surface area contributed by atoms with Crippen LogP contribution in [-0.2, 0) is 17.6 Å². The van der Waals surface area contributed by atoms with Crippen LogP contribution in [0.15, 0.2) is 18.2 Å². The second-order valence-corrected chi connectivity index (χ2v) is 5.93. The smallest absolute Gasteiger partial charge is 0.303 e. The summed E-state index contributed by atoms with van der Waals surface area (Å²) in [7, 11) is 0. The lowest BCUT2D eigenvalue weighted by Gasteiger charge is -2.22. The van der Waals surface area contributed by atoms with Crippen molar-refractivity contribution in [2.75, 3.05) is 6.54 Å². The molecular weight excluding hydrogens is 252 g/mol. The number of benzene rings is 1. The Kier molecular flexibility index (Phi) is 4.03. The molecule has 1 aliphatic carbocycles. The summed E-state index contributed by atoms with van der Waals surface area (Å²) in [4.78, 5) is 10.7. The van der Waals surface area contributed by atoms with E-state index in [0.29, 0.717) is 5.92 Å². The van der Waals surface area contributed by atoms with Crippen molar-refractivity contribution in [1.29, 1.82) is 0 Å². The molecule has 20 heavy (non-hydrogen) atoms. The lowest BCUT2D eigenvalue weighted by Crippen LogP contribution is -2.25. The molecule has 108 valence electrons. The molecule has 4 nitrogen and oxygen atoms in total. The van der Waals surface area contributed by atoms with E-state index in [1.54, 1.807) is 0 Å². The Morgan fingerprint density at radius 2 is 2.05 bits per heavy atom. The lowest BCUT2D eigenvalue weighted by atomic mass is 9.86. The first-order valence-electron chi connectivity index (χ1n) is 7.56. The molecule has 0 bridgehead atoms. The number of carboxylic acid groups (broad SMARTS) is 1. The number of hydrazine groups is 1. The molecule has 2 atom stereocenters. The molecule has 3 N–H and O–H groups in total. The van der Waals surface area contributed by atoms with E-state index in [1.807, 2.05) is 0 Å². The minimum absolute atomic E-state index is 0.238. The Balaban J connectivity index is 1.75. The molecule has 2 aliphatic rings. The van der Waals surface area contributed by atoms with E-state index >= 15 is 0 Å². The highest BCUT2D eigenvalue weighted by Gasteiger charge is 2.29. The number of aliphatic carboxylic acids is 1. The lowest BCUT2D eigenvalue weighted by molar-refractivity contribution is -0.137. The zero-order valence-corrected chi connectivity index (χ0v) is 11.7. The van der Waals surface area contributed by atoms with Crippen molar-refractivity contribution >= 4 is 5.97 Å². The summed E-state index contributed by atoms with van der Waals surface area (Å²) in [6.45, 7) is 0.842. The van der Waals surface area contributed by atoms with Gasteiger partial charge in [0, 0.05) is 13.0 Å². The summed E-state index contributed by atoms with van der Waals surface area (Å²) < 4.78 is 0. The van der Waals surface area contributed by atoms with Gasteiger partial charge in [-0.1, -0.05) is 18.2 Å². The molecule has 4 heteroatoms. The molecule has 0 spiro atoms. The first-order valence-corrected chi connectivity index (χ1v) is 7.56. The third-order valence-corrected chi connectivity index (χ3v) is 4.55. The molecule has 0 aromatic heterocycles. The van der Waals surface area contributed by atoms with E-state index in [4.69, 9.17) is 5.11 Å². The number of fused-ring (bicyclic) bond motifs is 1. The van der Waals surface area contributed by atoms with Gasteiger partial charge in [0.15, 0.2) is 0 Å². The maximum atomic E-state index is 10.7. The van der Waals surface area contributed by atoms with Gasteiger partial charge in [0.1, 0.15) is 0 Å². The Labute approximate surface area is 119 Å². The molecule has 1 saturated heterocycles. The van der Waals surface area contributed by atoms with Gasteiger partial charge in [0.25, 0.3) is 0 Å². The summed E-state index contributed by atoms with van der Waals surface area (Å²) in [6, 6.07) is 7.04. The minimum atomic E-state index is -0.707. The van der Waals surface area contributed by atoms with Crippen molar-refractivity contribution < 1.29 is 9.90 Å². The van der Waals surface area contributed by atoms with E-state index < -0.39 is 5.97 Å². The van der Waals surface area contributed by atoms with Gasteiger partial charge in [-0.25, -0.2) is 5.43 Å². The zero-order chi connectivity index (χ0) is 13.9. The number of carbonyl (C=O) groups is 1. The third kappa shape index (κ3) is 2.86. The highest BCUT2D eigenvalue weighted by Crippen LogP contribution is 2.31. The fourth-order valence-electron chi connectivity index (χ4n) is 3.42. The summed E-state index contributed by atoms with van der Waals surface area (Å²) in [5.74, 6) is -0.353. The SMILES string of the molecule is O=C(O)CCC1CNNC1c1ccc2c(c1)CCCC2. The summed E-state index contributed by atoms with van der Waals surface area (Å²) in [5.41, 5.74) is 10.8. The van der Waals surface area contributed by atoms with Crippen molar-refractivity contribution in [3.63, 3.8) is 0 Å². The maximum absolute atomic E-state index is 10.7. The van der Waals surface area contributed by atoms with Crippen LogP contribution in [0.2, 0.25) is 0 Å². The van der Waals surface area contributed by atoms with Gasteiger partial charge in [-0.2, -0.15) is 0 Å². The van der Waals surface area contributed by atoms with E-state index in [-0.39, 0.29) is 12.5 Å². The molecular formula is C16H22N2O2. The summed E-state index contributed by atoms with van der Waals surface area (Å²) in [6.07, 6.45) is 5.94. The molecule has 0 amide bonds. The predicted molar refractivity (Wildman–Crippen MR) is 77.3 cm³/mol. The Hall–Kier alpha value is -1.39. The van der Waals surface area contributed by atoms with Crippen LogP contribution in [0.5, 0.6) is 0 Å². The van der Waals surface area contributed by atoms with Crippen molar-refractivity contribution in [2.24, 2.45) is 5.92 Å². The van der Waals surface area contributed by atoms with Gasteiger partial charge < -0.3 is 5.11 Å². The molecule has 1 heterocycles. The van der Waals surface area contributed by atoms with Crippen LogP contribution < -0.4 is 10.9 Å². The normalized spacial score (nSPS) is 25.4. The van der Waals surface area contributed by atoms with Gasteiger partial charge in [-0.05, 0) is 54.7 Å². The largest absolute Gasteiger partial charge is 0.481 e. The Bertz CT molecular complexity index is 501. The van der Waals surface area contributed by atoms with Crippen LogP contribution in [0.3, 0.4) is 0 Å². The van der Waals surface area contributed by atoms with Gasteiger partial charge in [0.2, 0.25) is 0 Å². The first-order chi connectivity index (χ1) is 9.74. The van der Waals surface area contributed by atoms with Gasteiger partial charge >= 0.3 is 5.97 Å². The van der Waals surface area contributed by atoms with Crippen LogP contribution in [0, 0.1) is 5.92 Å². The molecule has 1 aromatic rings. The highest BCUT2D eigenvalue weighted by atomic mass is 16.4. The topological polar surface area (TPSA) is 61.4 Å². The number of aryl methyl sites for hydroxylation is 2. The van der Waals surface area contributed by atoms with Gasteiger partial charge in [0.05, 0.1) is 6.04 Å². The van der Waals surface area contributed by atoms with E-state index in [0.717, 1.165) is 13.0 Å². The van der Waals surface area contributed by atoms with E-state index in [2.05, 4.69) is 29.1 Å². The average Bonchev–Trinajstić information content (AvgIpc) is 2.93. The maximum Gasteiger partial charge on any atom is 0.303 e. The van der Waals surface area contributed by atoms with Gasteiger partial charge in [-0.15, -0.1) is 0 Å². The van der Waals surface area contributed by atoms with Crippen molar-refractivity contribution in [1.82, 2.24) is 10.9 Å². The predicted octanol–water partition coefficient (Wildman–Crippen LogP) is 2.20. The van der Waals surface area contributed by atoms with Crippen molar-refractivity contribution in [3.8, 4) is 0 Å². The standard InChI is InChI=1S/C16H22N2O2/c19-15(20)8-7-14-10-17-18-16(14)13-6-5-11-3-1-2-4-12(11)9-13/h5-6,9,14,16-18H,1-4,7-8,10H2,(H,19,20). The Morgan fingerprint density at radius 1 is 1.25 bits per heavy atom. The van der Waals surface area contributed by atoms with Crippen LogP contribution in [-0.4, -0.2) is 17.6 Å². The second kappa shape index (κ2) is 5.94. The van der Waals surface area contributed by atoms with Crippen LogP contribution in [0.1, 0.15) is 48.4 Å². The third-order valence-electron chi connectivity index (χ3n) is 4.55. The molecule has 1 fully saturated rings. The molecule has 1 aliphatic heterocycles. The Morgan fingerprint density at radius 3 is 2.85 bits per heavy atom. The summed E-state index contributed by atoms with van der Waals surface area (Å²) >= 11 is 0. The zero-order valence-electron chi connectivity index (χ0n) is 11.7. The van der Waals surface area contributed by atoms with Crippen LogP contribution in [0.25, 0.3) is 0 Å². The number of hydrogen-bond donors (Lipinski definition) is 3. The molecule has 0 radical (unpaired) electrons. The minimum Gasteiger partial charge on any atom is -0.481 e. The quantitative estimate of drug-likeness (QED) is 0.787. The second-order valence-electron chi connectivity index (χ2n) is 5.93. The summed E-state index contributed by atoms with van der Waals surface area (Å²) in [5, 5.41) is 8.85. The fourth-order valence-corrected chi connectivity index (χ4v) is 3.42. The molecule has 2 unspecified atom stereocenters. The monoisotopic (exact) mass is 274 g/mol. The number of carboxylic acids is 1. The number of rotatable bonds is 4. The van der Waals surface area contributed by atoms with E-state index in [1.165, 1.54) is 42.4 Å². The van der Waals surface area contributed by atoms with Crippen molar-refractivity contribution in [3.05, 3.63) is 34.9 Å². The van der Waals surface area contributed by atoms with Crippen molar-refractivity contribution in [2.45, 2.75) is 44.6 Å². The van der Waals surface area contributed by atoms with E-state index in [9.17, 15) is 4.79 Å².